The van der Waals surface area contributed by atoms with E-state index in [4.69, 9.17) is 16.9 Å². The number of rotatable bonds is 2. The highest BCUT2D eigenvalue weighted by atomic mass is 32.2. The van der Waals surface area contributed by atoms with Gasteiger partial charge in [-0.3, -0.25) is 15.2 Å². The van der Waals surface area contributed by atoms with Crippen molar-refractivity contribution in [2.75, 3.05) is 0 Å². The number of hydrogen-bond acceptors (Lipinski definition) is 4. The maximum Gasteiger partial charge on any atom is 0.267 e. The van der Waals surface area contributed by atoms with E-state index in [1.807, 2.05) is 0 Å². The molecule has 68 valence electrons. The number of nitrogens with one attached hydrogen (secondary N) is 1. The van der Waals surface area contributed by atoms with Crippen LogP contribution >= 0.6 is 11.8 Å². The van der Waals surface area contributed by atoms with Gasteiger partial charge in [0.2, 0.25) is 0 Å². The Bertz CT molecular complexity index is 352. The molecule has 5 nitrogen and oxygen atoms in total. The van der Waals surface area contributed by atoms with Crippen LogP contribution in [0, 0.1) is 5.41 Å². The maximum absolute atomic E-state index is 10.7. The summed E-state index contributed by atoms with van der Waals surface area (Å²) in [6.07, 6.45) is 1.45. The fourth-order valence-corrected chi connectivity index (χ4v) is 1.29. The van der Waals surface area contributed by atoms with Gasteiger partial charge in [-0.1, -0.05) is 11.8 Å². The first-order chi connectivity index (χ1) is 6.09. The molecule has 1 aromatic heterocycles. The number of nitrogens with two attached hydrogens (primary N) is 2. The van der Waals surface area contributed by atoms with Crippen molar-refractivity contribution in [2.24, 2.45) is 11.5 Å². The summed E-state index contributed by atoms with van der Waals surface area (Å²) in [7, 11) is 0. The molecule has 0 saturated heterocycles. The van der Waals surface area contributed by atoms with E-state index in [0.29, 0.717) is 4.90 Å². The molecule has 0 unspecified atom stereocenters. The lowest BCUT2D eigenvalue weighted by atomic mass is 10.3. The molecule has 1 rings (SSSR count). The standard InChI is InChI=1S/C7H8N4OS/c8-6(12)5-3-4(1-2-11-5)13-7(9)10/h1-3H,(H2,8,12)(H3,9,10). The van der Waals surface area contributed by atoms with Crippen molar-refractivity contribution in [1.29, 1.82) is 5.41 Å². The second kappa shape index (κ2) is 3.90. The summed E-state index contributed by atoms with van der Waals surface area (Å²) in [5.74, 6) is -0.592. The lowest BCUT2D eigenvalue weighted by Gasteiger charge is -1.99. The van der Waals surface area contributed by atoms with E-state index in [0.717, 1.165) is 11.8 Å². The normalized spacial score (nSPS) is 9.54. The van der Waals surface area contributed by atoms with Gasteiger partial charge in [0.25, 0.3) is 5.91 Å². The third kappa shape index (κ3) is 2.75. The number of thioether (sulfide) groups is 1. The van der Waals surface area contributed by atoms with Crippen molar-refractivity contribution >= 4 is 22.8 Å². The summed E-state index contributed by atoms with van der Waals surface area (Å²) in [5, 5.41) is 6.97. The van der Waals surface area contributed by atoms with Crippen LogP contribution in [0.1, 0.15) is 10.5 Å². The van der Waals surface area contributed by atoms with Crippen LogP contribution in [0.2, 0.25) is 0 Å². The van der Waals surface area contributed by atoms with Crippen LogP contribution in [-0.2, 0) is 0 Å². The molecule has 0 aliphatic carbocycles. The fraction of sp³-hybridized carbons (Fsp3) is 0. The Labute approximate surface area is 79.0 Å². The molecule has 0 aliphatic heterocycles. The predicted molar refractivity (Wildman–Crippen MR) is 50.5 cm³/mol. The largest absolute Gasteiger partial charge is 0.378 e. The number of pyridine rings is 1. The number of amidine groups is 1. The van der Waals surface area contributed by atoms with Crippen LogP contribution in [0.5, 0.6) is 0 Å². The minimum Gasteiger partial charge on any atom is -0.378 e. The Balaban J connectivity index is 2.91. The number of amides is 1. The lowest BCUT2D eigenvalue weighted by Crippen LogP contribution is -2.13. The zero-order valence-electron chi connectivity index (χ0n) is 6.65. The summed E-state index contributed by atoms with van der Waals surface area (Å²) in [6, 6.07) is 3.15. The van der Waals surface area contributed by atoms with Crippen molar-refractivity contribution in [2.45, 2.75) is 4.90 Å². The van der Waals surface area contributed by atoms with E-state index in [1.165, 1.54) is 12.3 Å². The van der Waals surface area contributed by atoms with Gasteiger partial charge in [0.15, 0.2) is 5.17 Å². The van der Waals surface area contributed by atoms with Gasteiger partial charge in [0, 0.05) is 11.1 Å². The number of hydrogen-bond donors (Lipinski definition) is 3. The van der Waals surface area contributed by atoms with Crippen molar-refractivity contribution in [1.82, 2.24) is 4.98 Å². The summed E-state index contributed by atoms with van der Waals surface area (Å²) in [6.45, 7) is 0. The molecule has 0 spiro atoms. The number of nitrogens with zero attached hydrogens (tertiary/aromatic N) is 1. The van der Waals surface area contributed by atoms with Crippen LogP contribution in [0.25, 0.3) is 0 Å². The summed E-state index contributed by atoms with van der Waals surface area (Å²) in [4.78, 5) is 15.1. The minimum atomic E-state index is -0.592. The molecule has 0 aliphatic rings. The molecular weight excluding hydrogens is 188 g/mol. The van der Waals surface area contributed by atoms with Gasteiger partial charge in [-0.2, -0.15) is 0 Å². The van der Waals surface area contributed by atoms with Gasteiger partial charge in [-0.15, -0.1) is 0 Å². The average Bonchev–Trinajstić information content (AvgIpc) is 2.03. The van der Waals surface area contributed by atoms with E-state index in [1.54, 1.807) is 6.07 Å². The van der Waals surface area contributed by atoms with E-state index in [-0.39, 0.29) is 10.9 Å². The monoisotopic (exact) mass is 196 g/mol. The smallest absolute Gasteiger partial charge is 0.267 e. The summed E-state index contributed by atoms with van der Waals surface area (Å²) >= 11 is 1.04. The van der Waals surface area contributed by atoms with Gasteiger partial charge >= 0.3 is 0 Å². The van der Waals surface area contributed by atoms with Crippen LogP contribution in [0.3, 0.4) is 0 Å². The molecule has 1 aromatic rings. The van der Waals surface area contributed by atoms with Crippen LogP contribution < -0.4 is 11.5 Å². The number of aromatic nitrogens is 1. The van der Waals surface area contributed by atoms with Gasteiger partial charge in [-0.05, 0) is 12.1 Å². The number of carbonyl (C=O) groups is 1. The zero-order chi connectivity index (χ0) is 9.84. The van der Waals surface area contributed by atoms with Gasteiger partial charge in [-0.25, -0.2) is 0 Å². The Morgan fingerprint density at radius 1 is 1.54 bits per heavy atom. The molecule has 5 N–H and O–H groups in total. The maximum atomic E-state index is 10.7. The first-order valence-electron chi connectivity index (χ1n) is 3.37. The molecule has 0 saturated carbocycles. The molecule has 0 fully saturated rings. The van der Waals surface area contributed by atoms with Gasteiger partial charge < -0.3 is 11.5 Å². The Morgan fingerprint density at radius 3 is 2.77 bits per heavy atom. The van der Waals surface area contributed by atoms with E-state index < -0.39 is 5.91 Å². The molecule has 6 heteroatoms. The Hall–Kier alpha value is -1.56. The van der Waals surface area contributed by atoms with Crippen LogP contribution in [0.15, 0.2) is 23.2 Å². The molecular formula is C7H8N4OS. The fourth-order valence-electron chi connectivity index (χ4n) is 0.736. The van der Waals surface area contributed by atoms with Crippen molar-refractivity contribution in [3.63, 3.8) is 0 Å². The SMILES string of the molecule is N=C(N)Sc1ccnc(C(N)=O)c1. The van der Waals surface area contributed by atoms with Crippen molar-refractivity contribution in [3.8, 4) is 0 Å². The zero-order valence-corrected chi connectivity index (χ0v) is 7.47. The molecule has 0 aromatic carbocycles. The first-order valence-corrected chi connectivity index (χ1v) is 4.19. The molecule has 1 heterocycles. The van der Waals surface area contributed by atoms with Crippen LogP contribution in [0.4, 0.5) is 0 Å². The highest BCUT2D eigenvalue weighted by molar-refractivity contribution is 8.13. The lowest BCUT2D eigenvalue weighted by molar-refractivity contribution is 0.0995. The highest BCUT2D eigenvalue weighted by Crippen LogP contribution is 2.16. The predicted octanol–water partition coefficient (Wildman–Crippen LogP) is 0.166. The second-order valence-corrected chi connectivity index (χ2v) is 3.32. The van der Waals surface area contributed by atoms with Crippen LogP contribution in [-0.4, -0.2) is 16.1 Å². The molecule has 0 radical (unpaired) electrons. The topological polar surface area (TPSA) is 106 Å². The quantitative estimate of drug-likeness (QED) is 0.356. The molecule has 1 amide bonds. The van der Waals surface area contributed by atoms with Crippen molar-refractivity contribution in [3.05, 3.63) is 24.0 Å². The summed E-state index contributed by atoms with van der Waals surface area (Å²) < 4.78 is 0. The van der Waals surface area contributed by atoms with E-state index >= 15 is 0 Å². The highest BCUT2D eigenvalue weighted by Gasteiger charge is 2.03. The van der Waals surface area contributed by atoms with Gasteiger partial charge in [0.1, 0.15) is 5.69 Å². The number of carbonyl (C=O) groups excluding carboxylic acids is 1. The molecule has 0 atom stereocenters. The molecule has 13 heavy (non-hydrogen) atoms. The number of primary amides is 1. The summed E-state index contributed by atoms with van der Waals surface area (Å²) in [5.41, 5.74) is 10.4. The molecule has 0 bridgehead atoms. The Morgan fingerprint density at radius 2 is 2.23 bits per heavy atom. The third-order valence-corrected chi connectivity index (χ3v) is 1.92. The van der Waals surface area contributed by atoms with E-state index in [9.17, 15) is 4.79 Å². The van der Waals surface area contributed by atoms with E-state index in [2.05, 4.69) is 4.98 Å². The Kier molecular flexibility index (Phi) is 2.86. The minimum absolute atomic E-state index is 0.0402. The first kappa shape index (κ1) is 9.53. The van der Waals surface area contributed by atoms with Gasteiger partial charge in [0.05, 0.1) is 0 Å². The third-order valence-electron chi connectivity index (χ3n) is 1.21. The average molecular weight is 196 g/mol. The second-order valence-electron chi connectivity index (χ2n) is 2.21. The van der Waals surface area contributed by atoms with Crippen molar-refractivity contribution < 1.29 is 4.79 Å².